The molecule has 1 unspecified atom stereocenters. The van der Waals surface area contributed by atoms with Gasteiger partial charge in [-0.1, -0.05) is 6.07 Å². The van der Waals surface area contributed by atoms with Gasteiger partial charge in [-0.05, 0) is 36.1 Å². The Morgan fingerprint density at radius 3 is 2.95 bits per heavy atom. The number of imidazole rings is 1. The van der Waals surface area contributed by atoms with Gasteiger partial charge in [-0.15, -0.1) is 11.3 Å². The molecule has 0 amide bonds. The van der Waals surface area contributed by atoms with Gasteiger partial charge >= 0.3 is 0 Å². The molecule has 0 aliphatic heterocycles. The Labute approximate surface area is 123 Å². The molecule has 2 aromatic heterocycles. The summed E-state index contributed by atoms with van der Waals surface area (Å²) in [7, 11) is 2.03. The average Bonchev–Trinajstić information content (AvgIpc) is 2.86. The smallest absolute Gasteiger partial charge is 0.131 e. The normalized spacial score (nSPS) is 18.1. The van der Waals surface area contributed by atoms with Crippen LogP contribution in [0.25, 0.3) is 0 Å². The van der Waals surface area contributed by atoms with Crippen LogP contribution in [-0.2, 0) is 7.05 Å². The number of nitrogens with zero attached hydrogens (tertiary/aromatic N) is 2. The van der Waals surface area contributed by atoms with Gasteiger partial charge < -0.3 is 15.0 Å². The molecule has 4 nitrogen and oxygen atoms in total. The molecule has 2 N–H and O–H groups in total. The van der Waals surface area contributed by atoms with Crippen molar-refractivity contribution in [1.82, 2.24) is 14.9 Å². The van der Waals surface area contributed by atoms with Crippen LogP contribution in [0.4, 0.5) is 0 Å². The molecule has 108 valence electrons. The van der Waals surface area contributed by atoms with Gasteiger partial charge in [-0.25, -0.2) is 4.98 Å². The molecule has 0 saturated heterocycles. The highest BCUT2D eigenvalue weighted by Gasteiger charge is 2.42. The third kappa shape index (κ3) is 2.80. The molecule has 0 spiro atoms. The van der Waals surface area contributed by atoms with E-state index in [1.807, 2.05) is 19.4 Å². The first-order chi connectivity index (χ1) is 9.74. The number of aryl methyl sites for hydroxylation is 1. The molecular formula is C15H21N3OS. The van der Waals surface area contributed by atoms with E-state index in [1.165, 1.54) is 17.7 Å². The fraction of sp³-hybridized carbons (Fsp3) is 0.533. The van der Waals surface area contributed by atoms with Crippen LogP contribution in [0.15, 0.2) is 29.9 Å². The molecule has 1 saturated carbocycles. The van der Waals surface area contributed by atoms with Crippen LogP contribution in [0, 0.1) is 5.41 Å². The standard InChI is InChI=1S/C15H21N3OS/c1-18-8-7-16-14(18)13(12-3-2-10-20-12)17-11-15(4-5-15)6-9-19/h2-3,7-8,10,13,17,19H,4-6,9,11H2,1H3. The van der Waals surface area contributed by atoms with Crippen LogP contribution in [-0.4, -0.2) is 27.8 Å². The van der Waals surface area contributed by atoms with Crippen molar-refractivity contribution in [3.05, 3.63) is 40.6 Å². The lowest BCUT2D eigenvalue weighted by atomic mass is 10.0. The lowest BCUT2D eigenvalue weighted by molar-refractivity contribution is 0.243. The summed E-state index contributed by atoms with van der Waals surface area (Å²) in [4.78, 5) is 5.79. The number of hydrogen-bond acceptors (Lipinski definition) is 4. The molecule has 0 radical (unpaired) electrons. The van der Waals surface area contributed by atoms with Crippen LogP contribution >= 0.6 is 11.3 Å². The van der Waals surface area contributed by atoms with Crippen molar-refractivity contribution in [3.8, 4) is 0 Å². The van der Waals surface area contributed by atoms with Gasteiger partial charge in [0.15, 0.2) is 0 Å². The zero-order valence-electron chi connectivity index (χ0n) is 11.7. The van der Waals surface area contributed by atoms with Crippen LogP contribution in [0.1, 0.15) is 36.0 Å². The van der Waals surface area contributed by atoms with E-state index in [4.69, 9.17) is 0 Å². The monoisotopic (exact) mass is 291 g/mol. The van der Waals surface area contributed by atoms with Crippen molar-refractivity contribution in [2.45, 2.75) is 25.3 Å². The molecule has 0 aromatic carbocycles. The van der Waals surface area contributed by atoms with Crippen molar-refractivity contribution in [1.29, 1.82) is 0 Å². The maximum absolute atomic E-state index is 9.18. The minimum Gasteiger partial charge on any atom is -0.396 e. The number of rotatable bonds is 7. The van der Waals surface area contributed by atoms with E-state index in [0.29, 0.717) is 5.41 Å². The number of aliphatic hydroxyl groups is 1. The highest BCUT2D eigenvalue weighted by atomic mass is 32.1. The average molecular weight is 291 g/mol. The van der Waals surface area contributed by atoms with Gasteiger partial charge in [0, 0.05) is 37.5 Å². The number of thiophene rings is 1. The minimum absolute atomic E-state index is 0.145. The molecule has 0 bridgehead atoms. The fourth-order valence-electron chi connectivity index (χ4n) is 2.68. The Bertz CT molecular complexity index is 545. The van der Waals surface area contributed by atoms with Crippen molar-refractivity contribution >= 4 is 11.3 Å². The Morgan fingerprint density at radius 1 is 1.55 bits per heavy atom. The Kier molecular flexibility index (Phi) is 3.92. The summed E-state index contributed by atoms with van der Waals surface area (Å²) < 4.78 is 2.07. The zero-order chi connectivity index (χ0) is 14.0. The topological polar surface area (TPSA) is 50.1 Å². The molecule has 1 aliphatic carbocycles. The Hall–Kier alpha value is -1.17. The summed E-state index contributed by atoms with van der Waals surface area (Å²) >= 11 is 1.76. The molecule has 5 heteroatoms. The third-order valence-electron chi connectivity index (χ3n) is 4.22. The SMILES string of the molecule is Cn1ccnc1C(NCC1(CCO)CC1)c1cccs1. The van der Waals surface area contributed by atoms with E-state index >= 15 is 0 Å². The van der Waals surface area contributed by atoms with Gasteiger partial charge in [0.2, 0.25) is 0 Å². The number of nitrogens with one attached hydrogen (secondary N) is 1. The second-order valence-electron chi connectivity index (χ2n) is 5.70. The van der Waals surface area contributed by atoms with E-state index < -0.39 is 0 Å². The number of aliphatic hydroxyl groups excluding tert-OH is 1. The van der Waals surface area contributed by atoms with E-state index in [2.05, 4.69) is 32.4 Å². The molecule has 2 aromatic rings. The summed E-state index contributed by atoms with van der Waals surface area (Å²) in [5.74, 6) is 1.05. The molecule has 1 fully saturated rings. The molecule has 3 rings (SSSR count). The van der Waals surface area contributed by atoms with Crippen molar-refractivity contribution in [2.24, 2.45) is 12.5 Å². The van der Waals surface area contributed by atoms with E-state index in [9.17, 15) is 5.11 Å². The Morgan fingerprint density at radius 2 is 2.40 bits per heavy atom. The third-order valence-corrected chi connectivity index (χ3v) is 5.16. The van der Waals surface area contributed by atoms with Gasteiger partial charge in [0.05, 0.1) is 0 Å². The number of aromatic nitrogens is 2. The molecule has 2 heterocycles. The summed E-state index contributed by atoms with van der Waals surface area (Å²) in [6.45, 7) is 1.23. The largest absolute Gasteiger partial charge is 0.396 e. The molecular weight excluding hydrogens is 270 g/mol. The summed E-state index contributed by atoms with van der Waals surface area (Å²) in [5.41, 5.74) is 0.315. The second kappa shape index (κ2) is 5.68. The van der Waals surface area contributed by atoms with Crippen molar-refractivity contribution in [3.63, 3.8) is 0 Å². The predicted molar refractivity (Wildman–Crippen MR) is 80.7 cm³/mol. The second-order valence-corrected chi connectivity index (χ2v) is 6.68. The zero-order valence-corrected chi connectivity index (χ0v) is 12.6. The van der Waals surface area contributed by atoms with Crippen LogP contribution in [0.2, 0.25) is 0 Å². The molecule has 20 heavy (non-hydrogen) atoms. The van der Waals surface area contributed by atoms with E-state index in [0.717, 1.165) is 18.8 Å². The lowest BCUT2D eigenvalue weighted by Gasteiger charge is -2.21. The highest BCUT2D eigenvalue weighted by Crippen LogP contribution is 2.48. The quantitative estimate of drug-likeness (QED) is 0.823. The maximum Gasteiger partial charge on any atom is 0.131 e. The summed E-state index contributed by atoms with van der Waals surface area (Å²) in [6, 6.07) is 4.38. The minimum atomic E-state index is 0.145. The molecule has 1 aliphatic rings. The lowest BCUT2D eigenvalue weighted by Crippen LogP contribution is -2.30. The Balaban J connectivity index is 1.75. The summed E-state index contributed by atoms with van der Waals surface area (Å²) in [5, 5.41) is 15.0. The van der Waals surface area contributed by atoms with Crippen LogP contribution in [0.5, 0.6) is 0 Å². The van der Waals surface area contributed by atoms with Gasteiger partial charge in [-0.3, -0.25) is 0 Å². The van der Waals surface area contributed by atoms with E-state index in [-0.39, 0.29) is 12.6 Å². The predicted octanol–water partition coefficient (Wildman–Crippen LogP) is 2.32. The maximum atomic E-state index is 9.18. The first-order valence-corrected chi connectivity index (χ1v) is 7.97. The first kappa shape index (κ1) is 13.8. The first-order valence-electron chi connectivity index (χ1n) is 7.09. The van der Waals surface area contributed by atoms with Gasteiger partial charge in [0.1, 0.15) is 11.9 Å². The van der Waals surface area contributed by atoms with Gasteiger partial charge in [0.25, 0.3) is 0 Å². The molecule has 1 atom stereocenters. The van der Waals surface area contributed by atoms with Crippen molar-refractivity contribution in [2.75, 3.05) is 13.2 Å². The van der Waals surface area contributed by atoms with Gasteiger partial charge in [-0.2, -0.15) is 0 Å². The highest BCUT2D eigenvalue weighted by molar-refractivity contribution is 7.10. The summed E-state index contributed by atoms with van der Waals surface area (Å²) in [6.07, 6.45) is 7.17. The number of hydrogen-bond donors (Lipinski definition) is 2. The van der Waals surface area contributed by atoms with Crippen LogP contribution in [0.3, 0.4) is 0 Å². The van der Waals surface area contributed by atoms with E-state index in [1.54, 1.807) is 11.3 Å². The fourth-order valence-corrected chi connectivity index (χ4v) is 3.47. The van der Waals surface area contributed by atoms with Crippen molar-refractivity contribution < 1.29 is 5.11 Å². The van der Waals surface area contributed by atoms with Crippen LogP contribution < -0.4 is 5.32 Å².